The number of hydrogen-bond acceptors (Lipinski definition) is 5. The standard InChI is InChI=1S/C28H33FN4O4/c1-5-37-27(35)24-23(31(4)28(36)30-25(24)22-12-7-6-9-18(22)2)17-32-13-14-33(19(3)16-32)26(34)20-10-8-11-21(29)15-20/h6-12,15,19,25H,5,13-14,16-17H2,1-4H3,(H,30,36)/t19-,25+/m0/s1. The van der Waals surface area contributed by atoms with Crippen molar-refractivity contribution in [2.24, 2.45) is 0 Å². The zero-order chi connectivity index (χ0) is 26.7. The van der Waals surface area contributed by atoms with E-state index >= 15 is 0 Å². The fourth-order valence-corrected chi connectivity index (χ4v) is 5.02. The van der Waals surface area contributed by atoms with E-state index < -0.39 is 17.8 Å². The topological polar surface area (TPSA) is 82.2 Å². The lowest BCUT2D eigenvalue weighted by Crippen LogP contribution is -2.56. The molecule has 0 spiro atoms. The van der Waals surface area contributed by atoms with Crippen LogP contribution in [0.2, 0.25) is 0 Å². The van der Waals surface area contributed by atoms with E-state index in [9.17, 15) is 18.8 Å². The molecule has 8 nitrogen and oxygen atoms in total. The van der Waals surface area contributed by atoms with Gasteiger partial charge in [0, 0.05) is 50.5 Å². The zero-order valence-electron chi connectivity index (χ0n) is 21.7. The van der Waals surface area contributed by atoms with Crippen molar-refractivity contribution in [1.29, 1.82) is 0 Å². The largest absolute Gasteiger partial charge is 0.463 e. The zero-order valence-corrected chi connectivity index (χ0v) is 21.7. The number of piperazine rings is 1. The smallest absolute Gasteiger partial charge is 0.338 e. The molecule has 2 aromatic rings. The summed E-state index contributed by atoms with van der Waals surface area (Å²) in [5, 5.41) is 2.96. The predicted molar refractivity (Wildman–Crippen MR) is 137 cm³/mol. The number of rotatable bonds is 6. The van der Waals surface area contributed by atoms with Gasteiger partial charge in [0.1, 0.15) is 5.82 Å². The lowest BCUT2D eigenvalue weighted by atomic mass is 9.91. The Morgan fingerprint density at radius 1 is 1.14 bits per heavy atom. The number of carbonyl (C=O) groups excluding carboxylic acids is 3. The Bertz CT molecular complexity index is 1230. The van der Waals surface area contributed by atoms with Crippen molar-refractivity contribution >= 4 is 17.9 Å². The number of hydrogen-bond donors (Lipinski definition) is 1. The summed E-state index contributed by atoms with van der Waals surface area (Å²) < 4.78 is 19.1. The summed E-state index contributed by atoms with van der Waals surface area (Å²) in [6.45, 7) is 7.70. The maximum Gasteiger partial charge on any atom is 0.338 e. The van der Waals surface area contributed by atoms with Crippen molar-refractivity contribution in [3.63, 3.8) is 0 Å². The lowest BCUT2D eigenvalue weighted by Gasteiger charge is -2.42. The maximum atomic E-state index is 13.7. The van der Waals surface area contributed by atoms with Crippen LogP contribution >= 0.6 is 0 Å². The number of nitrogens with one attached hydrogen (secondary N) is 1. The van der Waals surface area contributed by atoms with Crippen molar-refractivity contribution in [1.82, 2.24) is 20.0 Å². The third-order valence-corrected chi connectivity index (χ3v) is 6.99. The second-order valence-electron chi connectivity index (χ2n) is 9.47. The number of likely N-dealkylation sites (N-methyl/N-ethyl adjacent to an activating group) is 1. The third kappa shape index (κ3) is 5.51. The highest BCUT2D eigenvalue weighted by atomic mass is 19.1. The molecule has 3 amide bonds. The van der Waals surface area contributed by atoms with Gasteiger partial charge in [-0.2, -0.15) is 0 Å². The van der Waals surface area contributed by atoms with Gasteiger partial charge >= 0.3 is 12.0 Å². The number of amides is 3. The lowest BCUT2D eigenvalue weighted by molar-refractivity contribution is -0.139. The molecule has 0 aromatic heterocycles. The second-order valence-corrected chi connectivity index (χ2v) is 9.47. The van der Waals surface area contributed by atoms with E-state index in [1.165, 1.54) is 23.1 Å². The minimum Gasteiger partial charge on any atom is -0.463 e. The Morgan fingerprint density at radius 2 is 1.89 bits per heavy atom. The summed E-state index contributed by atoms with van der Waals surface area (Å²) in [5.74, 6) is -1.13. The highest BCUT2D eigenvalue weighted by molar-refractivity contribution is 5.95. The number of nitrogens with zero attached hydrogens (tertiary/aromatic N) is 3. The van der Waals surface area contributed by atoms with Crippen LogP contribution in [0.3, 0.4) is 0 Å². The SMILES string of the molecule is CCOC(=O)C1=C(CN2CCN(C(=O)c3cccc(F)c3)[C@@H](C)C2)N(C)C(=O)N[C@@H]1c1ccccc1C. The van der Waals surface area contributed by atoms with Crippen molar-refractivity contribution < 1.29 is 23.5 Å². The molecule has 0 radical (unpaired) electrons. The molecule has 1 N–H and O–H groups in total. The quantitative estimate of drug-likeness (QED) is 0.604. The van der Waals surface area contributed by atoms with Crippen LogP contribution in [0.4, 0.5) is 9.18 Å². The summed E-state index contributed by atoms with van der Waals surface area (Å²) in [5.41, 5.74) is 3.09. The second kappa shape index (κ2) is 11.1. The predicted octanol–water partition coefficient (Wildman–Crippen LogP) is 3.49. The van der Waals surface area contributed by atoms with E-state index in [0.29, 0.717) is 43.0 Å². The average molecular weight is 509 g/mol. The van der Waals surface area contributed by atoms with E-state index in [4.69, 9.17) is 4.74 Å². The van der Waals surface area contributed by atoms with E-state index in [-0.39, 0.29) is 24.6 Å². The fraction of sp³-hybridized carbons (Fsp3) is 0.393. The molecular weight excluding hydrogens is 475 g/mol. The molecule has 4 rings (SSSR count). The van der Waals surface area contributed by atoms with Gasteiger partial charge in [0.25, 0.3) is 5.91 Å². The summed E-state index contributed by atoms with van der Waals surface area (Å²) in [6.07, 6.45) is 0. The first-order chi connectivity index (χ1) is 17.7. The fourth-order valence-electron chi connectivity index (χ4n) is 5.02. The summed E-state index contributed by atoms with van der Waals surface area (Å²) >= 11 is 0. The first-order valence-corrected chi connectivity index (χ1v) is 12.5. The number of ether oxygens (including phenoxy) is 1. The van der Waals surface area contributed by atoms with E-state index in [1.54, 1.807) is 24.9 Å². The van der Waals surface area contributed by atoms with E-state index in [1.807, 2.05) is 38.1 Å². The molecule has 0 aliphatic carbocycles. The van der Waals surface area contributed by atoms with Gasteiger partial charge in [0.15, 0.2) is 0 Å². The summed E-state index contributed by atoms with van der Waals surface area (Å²) in [7, 11) is 1.64. The van der Waals surface area contributed by atoms with Gasteiger partial charge in [-0.15, -0.1) is 0 Å². The Kier molecular flexibility index (Phi) is 7.92. The maximum absolute atomic E-state index is 13.7. The van der Waals surface area contributed by atoms with Gasteiger partial charge in [-0.1, -0.05) is 30.3 Å². The molecule has 196 valence electrons. The monoisotopic (exact) mass is 508 g/mol. The Balaban J connectivity index is 1.61. The molecule has 2 heterocycles. The first-order valence-electron chi connectivity index (χ1n) is 12.5. The average Bonchev–Trinajstić information content (AvgIpc) is 2.87. The molecule has 1 fully saturated rings. The number of halogens is 1. The minimum absolute atomic E-state index is 0.147. The number of esters is 1. The molecule has 0 bridgehead atoms. The minimum atomic E-state index is -0.632. The molecule has 37 heavy (non-hydrogen) atoms. The number of carbonyl (C=O) groups is 3. The van der Waals surface area contributed by atoms with Crippen LogP contribution in [0.25, 0.3) is 0 Å². The molecule has 2 aliphatic heterocycles. The first kappa shape index (κ1) is 26.3. The molecule has 2 aliphatic rings. The molecule has 0 saturated carbocycles. The molecular formula is C28H33FN4O4. The van der Waals surface area contributed by atoms with Gasteiger partial charge in [0.05, 0.1) is 18.2 Å². The van der Waals surface area contributed by atoms with Crippen molar-refractivity contribution in [3.05, 3.63) is 82.3 Å². The summed E-state index contributed by atoms with van der Waals surface area (Å²) in [4.78, 5) is 44.5. The number of urea groups is 1. The van der Waals surface area contributed by atoms with Crippen molar-refractivity contribution in [3.8, 4) is 0 Å². The highest BCUT2D eigenvalue weighted by Gasteiger charge is 2.39. The van der Waals surface area contributed by atoms with Crippen LogP contribution in [-0.2, 0) is 9.53 Å². The summed E-state index contributed by atoms with van der Waals surface area (Å²) in [6, 6.07) is 12.3. The van der Waals surface area contributed by atoms with Crippen LogP contribution in [0, 0.1) is 12.7 Å². The molecule has 2 aromatic carbocycles. The van der Waals surface area contributed by atoms with Crippen LogP contribution in [0.15, 0.2) is 59.8 Å². The van der Waals surface area contributed by atoms with Crippen molar-refractivity contribution in [2.75, 3.05) is 39.8 Å². The molecule has 2 atom stereocenters. The molecule has 0 unspecified atom stereocenters. The Hall–Kier alpha value is -3.72. The normalized spacial score (nSPS) is 20.6. The third-order valence-electron chi connectivity index (χ3n) is 6.99. The Labute approximate surface area is 216 Å². The van der Waals surface area contributed by atoms with Crippen LogP contribution in [-0.4, -0.2) is 78.5 Å². The molecule has 9 heteroatoms. The number of aryl methyl sites for hydroxylation is 1. The van der Waals surface area contributed by atoms with E-state index in [0.717, 1.165) is 11.1 Å². The van der Waals surface area contributed by atoms with Gasteiger partial charge in [-0.05, 0) is 50.1 Å². The van der Waals surface area contributed by atoms with Gasteiger partial charge in [0.2, 0.25) is 0 Å². The highest BCUT2D eigenvalue weighted by Crippen LogP contribution is 2.33. The van der Waals surface area contributed by atoms with Crippen LogP contribution < -0.4 is 5.32 Å². The van der Waals surface area contributed by atoms with Crippen LogP contribution in [0.1, 0.15) is 41.4 Å². The Morgan fingerprint density at radius 3 is 2.57 bits per heavy atom. The van der Waals surface area contributed by atoms with Gasteiger partial charge in [-0.3, -0.25) is 14.6 Å². The molecule has 1 saturated heterocycles. The number of benzene rings is 2. The van der Waals surface area contributed by atoms with Crippen LogP contribution in [0.5, 0.6) is 0 Å². The van der Waals surface area contributed by atoms with Crippen molar-refractivity contribution in [2.45, 2.75) is 32.9 Å². The van der Waals surface area contributed by atoms with Gasteiger partial charge < -0.3 is 15.0 Å². The van der Waals surface area contributed by atoms with Gasteiger partial charge in [-0.25, -0.2) is 14.0 Å². The van der Waals surface area contributed by atoms with E-state index in [2.05, 4.69) is 10.2 Å².